The van der Waals surface area contributed by atoms with Crippen LogP contribution >= 0.6 is 11.3 Å². The first kappa shape index (κ1) is 16.5. The SMILES string of the molecule is Cc1ccc(NCCCN)cc1C(=O)Nc1nc(C)c(C)s1. The second-order valence-electron chi connectivity index (χ2n) is 5.21. The summed E-state index contributed by atoms with van der Waals surface area (Å²) in [6, 6.07) is 5.78. The van der Waals surface area contributed by atoms with Crippen LogP contribution in [0.2, 0.25) is 0 Å². The molecule has 0 aliphatic carbocycles. The molecule has 5 nitrogen and oxygen atoms in total. The normalized spacial score (nSPS) is 10.5. The average molecular weight is 318 g/mol. The van der Waals surface area contributed by atoms with Gasteiger partial charge in [-0.2, -0.15) is 0 Å². The molecule has 0 spiro atoms. The first-order valence-corrected chi connectivity index (χ1v) is 8.13. The summed E-state index contributed by atoms with van der Waals surface area (Å²) in [6.07, 6.45) is 0.896. The Morgan fingerprint density at radius 1 is 1.32 bits per heavy atom. The van der Waals surface area contributed by atoms with Crippen molar-refractivity contribution in [3.05, 3.63) is 39.9 Å². The van der Waals surface area contributed by atoms with Gasteiger partial charge in [-0.3, -0.25) is 10.1 Å². The Kier molecular flexibility index (Phi) is 5.51. The number of carbonyl (C=O) groups is 1. The molecular weight excluding hydrogens is 296 g/mol. The molecule has 1 aromatic heterocycles. The van der Waals surface area contributed by atoms with Gasteiger partial charge in [-0.25, -0.2) is 4.98 Å². The Labute approximate surface area is 135 Å². The van der Waals surface area contributed by atoms with Crippen LogP contribution in [0.4, 0.5) is 10.8 Å². The second kappa shape index (κ2) is 7.38. The fraction of sp³-hybridized carbons (Fsp3) is 0.375. The quantitative estimate of drug-likeness (QED) is 0.715. The molecule has 0 saturated carbocycles. The van der Waals surface area contributed by atoms with E-state index in [1.54, 1.807) is 0 Å². The van der Waals surface area contributed by atoms with Gasteiger partial charge in [0.2, 0.25) is 0 Å². The highest BCUT2D eigenvalue weighted by molar-refractivity contribution is 7.15. The lowest BCUT2D eigenvalue weighted by molar-refractivity contribution is 0.102. The number of hydrogen-bond acceptors (Lipinski definition) is 5. The minimum Gasteiger partial charge on any atom is -0.385 e. The van der Waals surface area contributed by atoms with Crippen LogP contribution in [0.15, 0.2) is 18.2 Å². The zero-order valence-electron chi connectivity index (χ0n) is 13.2. The third kappa shape index (κ3) is 4.05. The van der Waals surface area contributed by atoms with Gasteiger partial charge in [0, 0.05) is 22.7 Å². The highest BCUT2D eigenvalue weighted by Gasteiger charge is 2.13. The van der Waals surface area contributed by atoms with Crippen LogP contribution in [0, 0.1) is 20.8 Å². The lowest BCUT2D eigenvalue weighted by atomic mass is 10.1. The molecule has 0 unspecified atom stereocenters. The van der Waals surface area contributed by atoms with Gasteiger partial charge in [0.05, 0.1) is 5.69 Å². The summed E-state index contributed by atoms with van der Waals surface area (Å²) < 4.78 is 0. The van der Waals surface area contributed by atoms with E-state index in [9.17, 15) is 4.79 Å². The van der Waals surface area contributed by atoms with Crippen LogP contribution in [0.3, 0.4) is 0 Å². The molecule has 0 radical (unpaired) electrons. The van der Waals surface area contributed by atoms with Crippen LogP contribution in [-0.4, -0.2) is 24.0 Å². The predicted octanol–water partition coefficient (Wildman–Crippen LogP) is 3.08. The van der Waals surface area contributed by atoms with Crippen molar-refractivity contribution in [1.29, 1.82) is 0 Å². The standard InChI is InChI=1S/C16H22N4OS/c1-10-5-6-13(18-8-4-7-17)9-14(10)15(21)20-16-19-11(2)12(3)22-16/h5-6,9,18H,4,7-8,17H2,1-3H3,(H,19,20,21). The Bertz CT molecular complexity index is 647. The Morgan fingerprint density at radius 2 is 2.09 bits per heavy atom. The van der Waals surface area contributed by atoms with Gasteiger partial charge in [-0.05, 0) is 51.4 Å². The van der Waals surface area contributed by atoms with E-state index in [0.717, 1.165) is 34.8 Å². The molecule has 6 heteroatoms. The van der Waals surface area contributed by atoms with Gasteiger partial charge in [-0.1, -0.05) is 6.07 Å². The highest BCUT2D eigenvalue weighted by Crippen LogP contribution is 2.23. The van der Waals surface area contributed by atoms with Crippen LogP contribution < -0.4 is 16.4 Å². The summed E-state index contributed by atoms with van der Waals surface area (Å²) in [5, 5.41) is 6.79. The third-order valence-corrected chi connectivity index (χ3v) is 4.43. The fourth-order valence-corrected chi connectivity index (χ4v) is 2.81. The first-order valence-electron chi connectivity index (χ1n) is 7.31. The van der Waals surface area contributed by atoms with Crippen molar-refractivity contribution in [1.82, 2.24) is 4.98 Å². The molecular formula is C16H22N4OS. The van der Waals surface area contributed by atoms with Crippen molar-refractivity contribution < 1.29 is 4.79 Å². The van der Waals surface area contributed by atoms with Gasteiger partial charge in [0.1, 0.15) is 0 Å². The van der Waals surface area contributed by atoms with E-state index in [1.807, 2.05) is 39.0 Å². The molecule has 0 fully saturated rings. The highest BCUT2D eigenvalue weighted by atomic mass is 32.1. The predicted molar refractivity (Wildman–Crippen MR) is 92.9 cm³/mol. The molecule has 4 N–H and O–H groups in total. The lowest BCUT2D eigenvalue weighted by Gasteiger charge is -2.10. The van der Waals surface area contributed by atoms with Gasteiger partial charge < -0.3 is 11.1 Å². The van der Waals surface area contributed by atoms with Gasteiger partial charge in [-0.15, -0.1) is 11.3 Å². The summed E-state index contributed by atoms with van der Waals surface area (Å²) in [5.41, 5.74) is 8.96. The number of nitrogens with one attached hydrogen (secondary N) is 2. The fourth-order valence-electron chi connectivity index (χ4n) is 2.00. The smallest absolute Gasteiger partial charge is 0.257 e. The van der Waals surface area contributed by atoms with Crippen LogP contribution in [0.1, 0.15) is 32.9 Å². The topological polar surface area (TPSA) is 80.0 Å². The molecule has 1 heterocycles. The molecule has 1 aromatic carbocycles. The zero-order valence-corrected chi connectivity index (χ0v) is 14.0. The number of hydrogen-bond donors (Lipinski definition) is 3. The Morgan fingerprint density at radius 3 is 2.73 bits per heavy atom. The molecule has 1 amide bonds. The van der Waals surface area contributed by atoms with Gasteiger partial charge in [0.15, 0.2) is 5.13 Å². The maximum atomic E-state index is 12.4. The van der Waals surface area contributed by atoms with Crippen molar-refractivity contribution in [2.75, 3.05) is 23.7 Å². The van der Waals surface area contributed by atoms with Crippen LogP contribution in [-0.2, 0) is 0 Å². The summed E-state index contributed by atoms with van der Waals surface area (Å²) in [7, 11) is 0. The van der Waals surface area contributed by atoms with E-state index in [1.165, 1.54) is 11.3 Å². The summed E-state index contributed by atoms with van der Waals surface area (Å²) in [6.45, 7) is 7.31. The number of amides is 1. The summed E-state index contributed by atoms with van der Waals surface area (Å²) in [5.74, 6) is -0.131. The largest absolute Gasteiger partial charge is 0.385 e. The van der Waals surface area contributed by atoms with E-state index in [4.69, 9.17) is 5.73 Å². The number of nitrogens with two attached hydrogens (primary N) is 1. The number of aromatic nitrogens is 1. The number of benzene rings is 1. The number of rotatable bonds is 6. The maximum Gasteiger partial charge on any atom is 0.257 e. The van der Waals surface area contributed by atoms with Crippen molar-refractivity contribution in [2.24, 2.45) is 5.73 Å². The van der Waals surface area contributed by atoms with E-state index in [-0.39, 0.29) is 5.91 Å². The van der Waals surface area contributed by atoms with Crippen molar-refractivity contribution in [3.63, 3.8) is 0 Å². The number of aryl methyl sites for hydroxylation is 3. The molecule has 0 saturated heterocycles. The zero-order chi connectivity index (χ0) is 16.1. The molecule has 0 aliphatic heterocycles. The number of thiazole rings is 1. The minimum atomic E-state index is -0.131. The van der Waals surface area contributed by atoms with E-state index < -0.39 is 0 Å². The van der Waals surface area contributed by atoms with Crippen molar-refractivity contribution in [3.8, 4) is 0 Å². The summed E-state index contributed by atoms with van der Waals surface area (Å²) >= 11 is 1.49. The maximum absolute atomic E-state index is 12.4. The van der Waals surface area contributed by atoms with E-state index >= 15 is 0 Å². The molecule has 2 aromatic rings. The second-order valence-corrected chi connectivity index (χ2v) is 6.42. The van der Waals surface area contributed by atoms with Crippen molar-refractivity contribution >= 4 is 28.1 Å². The monoisotopic (exact) mass is 318 g/mol. The number of carbonyl (C=O) groups excluding carboxylic acids is 1. The molecule has 2 rings (SSSR count). The van der Waals surface area contributed by atoms with E-state index in [0.29, 0.717) is 17.2 Å². The van der Waals surface area contributed by atoms with Crippen LogP contribution in [0.25, 0.3) is 0 Å². The third-order valence-electron chi connectivity index (χ3n) is 3.44. The average Bonchev–Trinajstić information content (AvgIpc) is 2.79. The molecule has 0 aliphatic rings. The summed E-state index contributed by atoms with van der Waals surface area (Å²) in [4.78, 5) is 17.9. The number of anilines is 2. The Hall–Kier alpha value is -1.92. The molecule has 22 heavy (non-hydrogen) atoms. The lowest BCUT2D eigenvalue weighted by Crippen LogP contribution is -2.14. The van der Waals surface area contributed by atoms with E-state index in [2.05, 4.69) is 15.6 Å². The first-order chi connectivity index (χ1) is 10.5. The number of nitrogens with zero attached hydrogens (tertiary/aromatic N) is 1. The van der Waals surface area contributed by atoms with Crippen molar-refractivity contribution in [2.45, 2.75) is 27.2 Å². The molecule has 118 valence electrons. The molecule has 0 atom stereocenters. The minimum absolute atomic E-state index is 0.131. The Balaban J connectivity index is 2.12. The van der Waals surface area contributed by atoms with Crippen LogP contribution in [0.5, 0.6) is 0 Å². The van der Waals surface area contributed by atoms with Gasteiger partial charge >= 0.3 is 0 Å². The molecule has 0 bridgehead atoms. The van der Waals surface area contributed by atoms with Gasteiger partial charge in [0.25, 0.3) is 5.91 Å².